The molecule has 1 fully saturated rings. The monoisotopic (exact) mass is 405 g/mol. The van der Waals surface area contributed by atoms with E-state index in [-0.39, 0.29) is 18.4 Å². The summed E-state index contributed by atoms with van der Waals surface area (Å²) in [6.07, 6.45) is 2.19. The van der Waals surface area contributed by atoms with Crippen molar-refractivity contribution in [3.8, 4) is 0 Å². The van der Waals surface area contributed by atoms with Crippen molar-refractivity contribution in [2.24, 2.45) is 0 Å². The Morgan fingerprint density at radius 2 is 1.73 bits per heavy atom. The lowest BCUT2D eigenvalue weighted by atomic mass is 10.1. The number of hydrogen-bond donors (Lipinski definition) is 2. The standard InChI is InChI=1S/C24H28N4O2/c1-19-7-9-21(10-8-19)22-11-12-23(29)28(25-22)18-24(30)27-15-13-26(14-16-27)17-20-5-3-2-4-6-20/h2-11,25H,12-18H2,1H3/p+1. The van der Waals surface area contributed by atoms with E-state index in [0.717, 1.165) is 44.0 Å². The van der Waals surface area contributed by atoms with Crippen LogP contribution in [0.5, 0.6) is 0 Å². The van der Waals surface area contributed by atoms with E-state index in [0.29, 0.717) is 6.42 Å². The first-order chi connectivity index (χ1) is 14.6. The summed E-state index contributed by atoms with van der Waals surface area (Å²) in [5, 5.41) is 1.46. The van der Waals surface area contributed by atoms with Crippen molar-refractivity contribution < 1.29 is 14.5 Å². The van der Waals surface area contributed by atoms with Crippen molar-refractivity contribution in [3.05, 3.63) is 77.4 Å². The van der Waals surface area contributed by atoms with Crippen molar-refractivity contribution in [2.75, 3.05) is 32.7 Å². The number of aryl methyl sites for hydroxylation is 1. The molecule has 2 aliphatic rings. The highest BCUT2D eigenvalue weighted by molar-refractivity contribution is 5.88. The van der Waals surface area contributed by atoms with E-state index >= 15 is 0 Å². The highest BCUT2D eigenvalue weighted by Crippen LogP contribution is 2.18. The minimum absolute atomic E-state index is 0.000216. The van der Waals surface area contributed by atoms with Crippen LogP contribution < -0.4 is 10.3 Å². The van der Waals surface area contributed by atoms with Gasteiger partial charge in [-0.05, 0) is 18.6 Å². The number of nitrogens with one attached hydrogen (secondary N) is 2. The van der Waals surface area contributed by atoms with Crippen molar-refractivity contribution in [1.29, 1.82) is 0 Å². The molecular formula is C24H29N4O2+. The zero-order chi connectivity index (χ0) is 20.9. The number of benzene rings is 2. The van der Waals surface area contributed by atoms with E-state index in [9.17, 15) is 9.59 Å². The average Bonchev–Trinajstić information content (AvgIpc) is 2.77. The molecule has 0 saturated carbocycles. The zero-order valence-electron chi connectivity index (χ0n) is 17.4. The summed E-state index contributed by atoms with van der Waals surface area (Å²) in [4.78, 5) is 28.5. The third-order valence-corrected chi connectivity index (χ3v) is 5.81. The zero-order valence-corrected chi connectivity index (χ0v) is 17.4. The lowest BCUT2D eigenvalue weighted by Gasteiger charge is -2.35. The molecule has 156 valence electrons. The average molecular weight is 406 g/mol. The first kappa shape index (κ1) is 20.2. The van der Waals surface area contributed by atoms with Gasteiger partial charge in [-0.15, -0.1) is 0 Å². The van der Waals surface area contributed by atoms with E-state index in [4.69, 9.17) is 0 Å². The second-order valence-electron chi connectivity index (χ2n) is 8.07. The Morgan fingerprint density at radius 3 is 2.43 bits per heavy atom. The number of hydrogen-bond acceptors (Lipinski definition) is 3. The molecule has 2 amide bonds. The maximum absolute atomic E-state index is 12.8. The van der Waals surface area contributed by atoms with Gasteiger partial charge in [0.15, 0.2) is 0 Å². The van der Waals surface area contributed by atoms with Crippen molar-refractivity contribution in [2.45, 2.75) is 19.9 Å². The molecule has 0 aliphatic carbocycles. The Labute approximate surface area is 177 Å². The predicted molar refractivity (Wildman–Crippen MR) is 116 cm³/mol. The molecule has 6 nitrogen and oxygen atoms in total. The fraction of sp³-hybridized carbons (Fsp3) is 0.333. The molecule has 2 aliphatic heterocycles. The summed E-state index contributed by atoms with van der Waals surface area (Å²) in [5.41, 5.74) is 7.55. The largest absolute Gasteiger partial charge is 0.330 e. The van der Waals surface area contributed by atoms with Gasteiger partial charge in [-0.2, -0.15) is 0 Å². The first-order valence-corrected chi connectivity index (χ1v) is 10.6. The fourth-order valence-electron chi connectivity index (χ4n) is 3.97. The summed E-state index contributed by atoms with van der Waals surface area (Å²) >= 11 is 0. The molecule has 2 aromatic carbocycles. The molecule has 0 aromatic heterocycles. The highest BCUT2D eigenvalue weighted by atomic mass is 16.2. The molecule has 0 atom stereocenters. The fourth-order valence-corrected chi connectivity index (χ4v) is 3.97. The molecule has 0 unspecified atom stereocenters. The van der Waals surface area contributed by atoms with Crippen LogP contribution in [0.25, 0.3) is 5.70 Å². The van der Waals surface area contributed by atoms with Gasteiger partial charge in [-0.3, -0.25) is 15.0 Å². The molecule has 4 rings (SSSR count). The Kier molecular flexibility index (Phi) is 6.14. The number of quaternary nitrogens is 1. The maximum Gasteiger partial charge on any atom is 0.245 e. The minimum Gasteiger partial charge on any atom is -0.330 e. The number of carbonyl (C=O) groups excluding carboxylic acids is 2. The Balaban J connectivity index is 1.30. The molecular weight excluding hydrogens is 376 g/mol. The van der Waals surface area contributed by atoms with Crippen LogP contribution in [-0.4, -0.2) is 54.4 Å². The number of amides is 2. The van der Waals surface area contributed by atoms with Crippen LogP contribution >= 0.6 is 0 Å². The lowest BCUT2D eigenvalue weighted by Crippen LogP contribution is -3.13. The molecule has 30 heavy (non-hydrogen) atoms. The predicted octanol–water partition coefficient (Wildman–Crippen LogP) is 1.00. The van der Waals surface area contributed by atoms with Gasteiger partial charge in [0.05, 0.1) is 31.9 Å². The number of carbonyl (C=O) groups is 2. The van der Waals surface area contributed by atoms with Gasteiger partial charge in [-0.25, -0.2) is 5.01 Å². The van der Waals surface area contributed by atoms with Crippen molar-refractivity contribution >= 4 is 17.5 Å². The van der Waals surface area contributed by atoms with Crippen LogP contribution in [0.3, 0.4) is 0 Å². The number of hydrazine groups is 1. The first-order valence-electron chi connectivity index (χ1n) is 10.6. The quantitative estimate of drug-likeness (QED) is 0.781. The second kappa shape index (κ2) is 9.13. The van der Waals surface area contributed by atoms with Crippen LogP contribution in [-0.2, 0) is 16.1 Å². The number of nitrogens with zero attached hydrogens (tertiary/aromatic N) is 2. The number of piperazine rings is 1. The van der Waals surface area contributed by atoms with Crippen LogP contribution in [0.15, 0.2) is 60.7 Å². The lowest BCUT2D eigenvalue weighted by molar-refractivity contribution is -0.917. The molecule has 1 saturated heterocycles. The third kappa shape index (κ3) is 4.89. The summed E-state index contributed by atoms with van der Waals surface area (Å²) < 4.78 is 0. The molecule has 2 N–H and O–H groups in total. The molecule has 6 heteroatoms. The van der Waals surface area contributed by atoms with Crippen molar-refractivity contribution in [3.63, 3.8) is 0 Å². The van der Waals surface area contributed by atoms with Crippen molar-refractivity contribution in [1.82, 2.24) is 15.3 Å². The van der Waals surface area contributed by atoms with E-state index in [1.54, 1.807) is 0 Å². The van der Waals surface area contributed by atoms with Crippen LogP contribution in [0.1, 0.15) is 23.1 Å². The van der Waals surface area contributed by atoms with Gasteiger partial charge in [0.25, 0.3) is 0 Å². The van der Waals surface area contributed by atoms with Gasteiger partial charge in [0, 0.05) is 12.0 Å². The normalized spacial score (nSPS) is 17.5. The highest BCUT2D eigenvalue weighted by Gasteiger charge is 2.28. The minimum atomic E-state index is -0.0763. The smallest absolute Gasteiger partial charge is 0.245 e. The molecule has 0 radical (unpaired) electrons. The Morgan fingerprint density at radius 1 is 1.03 bits per heavy atom. The number of rotatable bonds is 5. The van der Waals surface area contributed by atoms with Gasteiger partial charge in [0.1, 0.15) is 13.1 Å². The third-order valence-electron chi connectivity index (χ3n) is 5.81. The SMILES string of the molecule is Cc1ccc(C2=CCC(=O)N(CC(=O)N3CC[NH+](Cc4ccccc4)CC3)N2)cc1. The van der Waals surface area contributed by atoms with Crippen LogP contribution in [0, 0.1) is 6.92 Å². The second-order valence-corrected chi connectivity index (χ2v) is 8.07. The van der Waals surface area contributed by atoms with Gasteiger partial charge < -0.3 is 9.80 Å². The van der Waals surface area contributed by atoms with E-state index in [1.165, 1.54) is 21.0 Å². The Bertz CT molecular complexity index is 916. The Hall–Kier alpha value is -3.12. The van der Waals surface area contributed by atoms with E-state index in [1.807, 2.05) is 48.2 Å². The van der Waals surface area contributed by atoms with Crippen LogP contribution in [0.2, 0.25) is 0 Å². The van der Waals surface area contributed by atoms with Crippen LogP contribution in [0.4, 0.5) is 0 Å². The molecule has 2 aromatic rings. The van der Waals surface area contributed by atoms with Gasteiger partial charge in [-0.1, -0.05) is 60.2 Å². The molecule has 0 bridgehead atoms. The summed E-state index contributed by atoms with van der Waals surface area (Å²) in [6.45, 7) is 6.40. The topological polar surface area (TPSA) is 57.1 Å². The van der Waals surface area contributed by atoms with Gasteiger partial charge >= 0.3 is 0 Å². The van der Waals surface area contributed by atoms with Gasteiger partial charge in [0.2, 0.25) is 11.8 Å². The summed E-state index contributed by atoms with van der Waals surface area (Å²) in [7, 11) is 0. The molecule has 2 heterocycles. The maximum atomic E-state index is 12.8. The molecule has 0 spiro atoms. The van der Waals surface area contributed by atoms with E-state index < -0.39 is 0 Å². The summed E-state index contributed by atoms with van der Waals surface area (Å²) in [5.74, 6) is -0.0766. The van der Waals surface area contributed by atoms with E-state index in [2.05, 4.69) is 29.7 Å². The summed E-state index contributed by atoms with van der Waals surface area (Å²) in [6, 6.07) is 18.6.